The van der Waals surface area contributed by atoms with E-state index in [1.807, 2.05) is 13.0 Å². The van der Waals surface area contributed by atoms with Gasteiger partial charge in [0.2, 0.25) is 0 Å². The monoisotopic (exact) mass is 264 g/mol. The smallest absolute Gasteiger partial charge is 0.323 e. The molecule has 0 heterocycles. The average Bonchev–Trinajstić information content (AvgIpc) is 2.36. The van der Waals surface area contributed by atoms with Crippen LogP contribution in [-0.2, 0) is 11.3 Å². The van der Waals surface area contributed by atoms with E-state index in [9.17, 15) is 14.3 Å². The summed E-state index contributed by atoms with van der Waals surface area (Å²) in [4.78, 5) is 11.2. The third-order valence-corrected chi connectivity index (χ3v) is 2.99. The minimum Gasteiger partial charge on any atom is -0.480 e. The molecule has 1 aromatic carbocycles. The number of hydrogen-bond acceptors (Lipinski definition) is 3. The zero-order valence-electron chi connectivity index (χ0n) is 11.0. The Bertz CT molecular complexity index is 511. The van der Waals surface area contributed by atoms with E-state index in [4.69, 9.17) is 5.26 Å². The Morgan fingerprint density at radius 3 is 2.74 bits per heavy atom. The minimum atomic E-state index is -1.05. The standard InChI is InChI=1S/C14H17FN2O2/c1-3-4-14(2,13(18)19)17-9-11-5-10(8-16)6-12(15)7-11/h5-7,17H,3-4,9H2,1-2H3,(H,18,19). The van der Waals surface area contributed by atoms with Crippen LogP contribution in [-0.4, -0.2) is 16.6 Å². The normalized spacial score (nSPS) is 13.6. The molecule has 0 aromatic heterocycles. The van der Waals surface area contributed by atoms with Crippen molar-refractivity contribution in [3.8, 4) is 6.07 Å². The first-order valence-corrected chi connectivity index (χ1v) is 6.09. The van der Waals surface area contributed by atoms with E-state index in [2.05, 4.69) is 5.32 Å². The Kier molecular flexibility index (Phi) is 5.02. The van der Waals surface area contributed by atoms with Crippen molar-refractivity contribution in [3.63, 3.8) is 0 Å². The van der Waals surface area contributed by atoms with E-state index >= 15 is 0 Å². The van der Waals surface area contributed by atoms with Crippen molar-refractivity contribution in [1.82, 2.24) is 5.32 Å². The van der Waals surface area contributed by atoms with E-state index in [1.165, 1.54) is 6.07 Å². The van der Waals surface area contributed by atoms with Crippen LogP contribution in [0.3, 0.4) is 0 Å². The van der Waals surface area contributed by atoms with Gasteiger partial charge in [-0.2, -0.15) is 5.26 Å². The predicted molar refractivity (Wildman–Crippen MR) is 68.9 cm³/mol. The molecular weight excluding hydrogens is 247 g/mol. The van der Waals surface area contributed by atoms with Gasteiger partial charge in [-0.05, 0) is 37.1 Å². The van der Waals surface area contributed by atoms with Crippen LogP contribution in [0.1, 0.15) is 37.8 Å². The van der Waals surface area contributed by atoms with Crippen molar-refractivity contribution >= 4 is 5.97 Å². The summed E-state index contributed by atoms with van der Waals surface area (Å²) in [5.74, 6) is -1.44. The Labute approximate surface area is 111 Å². The Balaban J connectivity index is 2.83. The predicted octanol–water partition coefficient (Wildman–Crippen LogP) is 2.43. The van der Waals surface area contributed by atoms with Gasteiger partial charge < -0.3 is 5.11 Å². The molecule has 0 saturated carbocycles. The molecule has 4 nitrogen and oxygen atoms in total. The molecule has 1 rings (SSSR count). The second-order valence-corrected chi connectivity index (χ2v) is 4.70. The lowest BCUT2D eigenvalue weighted by Crippen LogP contribution is -2.48. The van der Waals surface area contributed by atoms with Gasteiger partial charge in [0.05, 0.1) is 11.6 Å². The summed E-state index contributed by atoms with van der Waals surface area (Å²) in [6.45, 7) is 3.71. The maximum atomic E-state index is 13.2. The van der Waals surface area contributed by atoms with Crippen LogP contribution in [0.5, 0.6) is 0 Å². The first-order chi connectivity index (χ1) is 8.91. The van der Waals surface area contributed by atoms with E-state index in [0.717, 1.165) is 12.5 Å². The van der Waals surface area contributed by atoms with Crippen molar-refractivity contribution < 1.29 is 14.3 Å². The molecule has 19 heavy (non-hydrogen) atoms. The number of nitriles is 1. The van der Waals surface area contributed by atoms with Gasteiger partial charge in [0.15, 0.2) is 0 Å². The van der Waals surface area contributed by atoms with Gasteiger partial charge in [0.25, 0.3) is 0 Å². The Morgan fingerprint density at radius 2 is 2.21 bits per heavy atom. The van der Waals surface area contributed by atoms with E-state index in [1.54, 1.807) is 13.0 Å². The molecule has 0 aliphatic rings. The number of benzene rings is 1. The van der Waals surface area contributed by atoms with Crippen LogP contribution in [0, 0.1) is 17.1 Å². The van der Waals surface area contributed by atoms with Crippen LogP contribution in [0.25, 0.3) is 0 Å². The van der Waals surface area contributed by atoms with Gasteiger partial charge in [-0.3, -0.25) is 10.1 Å². The molecule has 102 valence electrons. The van der Waals surface area contributed by atoms with Crippen LogP contribution < -0.4 is 5.32 Å². The fourth-order valence-electron chi connectivity index (χ4n) is 1.89. The highest BCUT2D eigenvalue weighted by atomic mass is 19.1. The molecule has 0 spiro atoms. The molecule has 0 amide bonds. The molecule has 0 bridgehead atoms. The average molecular weight is 264 g/mol. The number of nitrogens with zero attached hydrogens (tertiary/aromatic N) is 1. The third-order valence-electron chi connectivity index (χ3n) is 2.99. The fraction of sp³-hybridized carbons (Fsp3) is 0.429. The molecule has 2 N–H and O–H groups in total. The van der Waals surface area contributed by atoms with Gasteiger partial charge in [0.1, 0.15) is 11.4 Å². The first-order valence-electron chi connectivity index (χ1n) is 6.09. The topological polar surface area (TPSA) is 73.1 Å². The molecule has 0 aliphatic carbocycles. The Morgan fingerprint density at radius 1 is 1.53 bits per heavy atom. The Hall–Kier alpha value is -1.93. The van der Waals surface area contributed by atoms with Crippen molar-refractivity contribution in [3.05, 3.63) is 35.1 Å². The van der Waals surface area contributed by atoms with Gasteiger partial charge in [-0.25, -0.2) is 4.39 Å². The molecule has 0 radical (unpaired) electrons. The zero-order chi connectivity index (χ0) is 14.5. The number of carboxylic acids is 1. The summed E-state index contributed by atoms with van der Waals surface area (Å²) in [6, 6.07) is 5.85. The second kappa shape index (κ2) is 6.30. The van der Waals surface area contributed by atoms with E-state index < -0.39 is 17.3 Å². The lowest BCUT2D eigenvalue weighted by molar-refractivity contribution is -0.144. The quantitative estimate of drug-likeness (QED) is 0.827. The lowest BCUT2D eigenvalue weighted by Gasteiger charge is -2.26. The lowest BCUT2D eigenvalue weighted by atomic mass is 9.96. The maximum absolute atomic E-state index is 13.2. The summed E-state index contributed by atoms with van der Waals surface area (Å²) in [5, 5.41) is 20.9. The van der Waals surface area contributed by atoms with Crippen LogP contribution in [0.15, 0.2) is 18.2 Å². The highest BCUT2D eigenvalue weighted by Crippen LogP contribution is 2.15. The fourth-order valence-corrected chi connectivity index (χ4v) is 1.89. The number of hydrogen-bond donors (Lipinski definition) is 2. The number of aliphatic carboxylic acids is 1. The number of halogens is 1. The second-order valence-electron chi connectivity index (χ2n) is 4.70. The van der Waals surface area contributed by atoms with Gasteiger partial charge >= 0.3 is 5.97 Å². The van der Waals surface area contributed by atoms with Gasteiger partial charge in [-0.1, -0.05) is 13.3 Å². The summed E-state index contributed by atoms with van der Waals surface area (Å²) in [6.07, 6.45) is 1.20. The molecular formula is C14H17FN2O2. The largest absolute Gasteiger partial charge is 0.480 e. The highest BCUT2D eigenvalue weighted by molar-refractivity contribution is 5.78. The van der Waals surface area contributed by atoms with Crippen molar-refractivity contribution in [2.75, 3.05) is 0 Å². The molecule has 0 saturated heterocycles. The van der Waals surface area contributed by atoms with Gasteiger partial charge in [-0.15, -0.1) is 0 Å². The molecule has 0 aliphatic heterocycles. The third kappa shape index (κ3) is 4.04. The van der Waals surface area contributed by atoms with E-state index in [-0.39, 0.29) is 12.1 Å². The van der Waals surface area contributed by atoms with E-state index in [0.29, 0.717) is 12.0 Å². The number of nitrogens with one attached hydrogen (secondary N) is 1. The molecule has 1 atom stereocenters. The van der Waals surface area contributed by atoms with Crippen molar-refractivity contribution in [2.24, 2.45) is 0 Å². The van der Waals surface area contributed by atoms with Crippen molar-refractivity contribution in [1.29, 1.82) is 5.26 Å². The molecule has 1 aromatic rings. The summed E-state index contributed by atoms with van der Waals surface area (Å²) in [7, 11) is 0. The SMILES string of the molecule is CCCC(C)(NCc1cc(F)cc(C#N)c1)C(=O)O. The molecule has 1 unspecified atom stereocenters. The summed E-state index contributed by atoms with van der Waals surface area (Å²) < 4.78 is 13.2. The van der Waals surface area contributed by atoms with Crippen LogP contribution >= 0.6 is 0 Å². The number of rotatable bonds is 6. The summed E-state index contributed by atoms with van der Waals surface area (Å²) >= 11 is 0. The molecule has 5 heteroatoms. The number of carbonyl (C=O) groups is 1. The van der Waals surface area contributed by atoms with Crippen LogP contribution in [0.4, 0.5) is 4.39 Å². The zero-order valence-corrected chi connectivity index (χ0v) is 11.0. The highest BCUT2D eigenvalue weighted by Gasteiger charge is 2.31. The van der Waals surface area contributed by atoms with Crippen molar-refractivity contribution in [2.45, 2.75) is 38.8 Å². The number of carboxylic acid groups (broad SMARTS) is 1. The van der Waals surface area contributed by atoms with Gasteiger partial charge in [0, 0.05) is 6.54 Å². The molecule has 0 fully saturated rings. The van der Waals surface area contributed by atoms with Crippen LogP contribution in [0.2, 0.25) is 0 Å². The first kappa shape index (κ1) is 15.1. The minimum absolute atomic E-state index is 0.204. The maximum Gasteiger partial charge on any atom is 0.323 e. The summed E-state index contributed by atoms with van der Waals surface area (Å²) in [5.41, 5.74) is -0.266.